The predicted molar refractivity (Wildman–Crippen MR) is 126 cm³/mol. The van der Waals surface area contributed by atoms with Gasteiger partial charge < -0.3 is 15.5 Å². The lowest BCUT2D eigenvalue weighted by molar-refractivity contribution is -0.140. The summed E-state index contributed by atoms with van der Waals surface area (Å²) in [5.74, 6) is -0.666. The number of carbonyl (C=O) groups is 3. The molecule has 2 aromatic carbocycles. The molecule has 0 aromatic heterocycles. The molecular formula is C26H32N4O3. The summed E-state index contributed by atoms with van der Waals surface area (Å²) in [4.78, 5) is 42.3. The Hall–Kier alpha value is -3.19. The van der Waals surface area contributed by atoms with E-state index in [9.17, 15) is 14.4 Å². The van der Waals surface area contributed by atoms with Gasteiger partial charge in [0.15, 0.2) is 0 Å². The van der Waals surface area contributed by atoms with E-state index >= 15 is 0 Å². The number of carbonyl (C=O) groups excluding carboxylic acids is 3. The third kappa shape index (κ3) is 5.25. The van der Waals surface area contributed by atoms with Gasteiger partial charge in [-0.15, -0.1) is 0 Å². The van der Waals surface area contributed by atoms with Crippen LogP contribution in [0.2, 0.25) is 0 Å². The van der Waals surface area contributed by atoms with Crippen molar-refractivity contribution in [3.05, 3.63) is 71.3 Å². The molecule has 0 saturated carbocycles. The van der Waals surface area contributed by atoms with E-state index in [0.29, 0.717) is 19.6 Å². The highest BCUT2D eigenvalue weighted by Crippen LogP contribution is 2.33. The molecule has 7 heteroatoms. The molecule has 0 spiro atoms. The van der Waals surface area contributed by atoms with Crippen LogP contribution >= 0.6 is 0 Å². The molecular weight excluding hydrogens is 416 g/mol. The molecule has 2 N–H and O–H groups in total. The summed E-state index contributed by atoms with van der Waals surface area (Å²) in [5.41, 5.74) is 8.89. The monoisotopic (exact) mass is 448 g/mol. The summed E-state index contributed by atoms with van der Waals surface area (Å²) < 4.78 is 0. The van der Waals surface area contributed by atoms with Gasteiger partial charge in [-0.05, 0) is 16.7 Å². The van der Waals surface area contributed by atoms with E-state index < -0.39 is 0 Å². The lowest BCUT2D eigenvalue weighted by Gasteiger charge is -2.40. The maximum atomic E-state index is 12.8. The van der Waals surface area contributed by atoms with Crippen molar-refractivity contribution in [2.75, 3.05) is 33.2 Å². The number of nitrogens with two attached hydrogens (primary N) is 1. The lowest BCUT2D eigenvalue weighted by atomic mass is 9.88. The van der Waals surface area contributed by atoms with Gasteiger partial charge in [0.2, 0.25) is 17.7 Å². The molecule has 3 amide bonds. The van der Waals surface area contributed by atoms with Crippen LogP contribution in [0.4, 0.5) is 0 Å². The molecule has 4 rings (SSSR count). The highest BCUT2D eigenvalue weighted by Gasteiger charge is 2.38. The van der Waals surface area contributed by atoms with Crippen molar-refractivity contribution in [3.63, 3.8) is 0 Å². The van der Waals surface area contributed by atoms with Crippen LogP contribution in [0.1, 0.15) is 29.5 Å². The SMILES string of the molecule is CC(=O)N1C[C@H](C(N)=O)[C@@H](c2ccc(CN(C)C(=O)C3CN(Cc4ccccc4)C3)cc2)C1. The largest absolute Gasteiger partial charge is 0.369 e. The summed E-state index contributed by atoms with van der Waals surface area (Å²) in [7, 11) is 1.85. The van der Waals surface area contributed by atoms with Crippen LogP contribution in [0.15, 0.2) is 54.6 Å². The van der Waals surface area contributed by atoms with Crippen LogP contribution in [0, 0.1) is 11.8 Å². The molecule has 7 nitrogen and oxygen atoms in total. The first-order valence-electron chi connectivity index (χ1n) is 11.5. The molecule has 2 atom stereocenters. The smallest absolute Gasteiger partial charge is 0.228 e. The summed E-state index contributed by atoms with van der Waals surface area (Å²) in [6, 6.07) is 18.3. The second kappa shape index (κ2) is 9.75. The van der Waals surface area contributed by atoms with Crippen LogP contribution < -0.4 is 5.73 Å². The number of hydrogen-bond acceptors (Lipinski definition) is 4. The molecule has 174 valence electrons. The van der Waals surface area contributed by atoms with Gasteiger partial charge in [-0.2, -0.15) is 0 Å². The second-order valence-electron chi connectivity index (χ2n) is 9.35. The minimum absolute atomic E-state index is 0.0427. The van der Waals surface area contributed by atoms with Gasteiger partial charge in [-0.25, -0.2) is 0 Å². The molecule has 2 aromatic rings. The van der Waals surface area contributed by atoms with E-state index in [1.807, 2.05) is 49.5 Å². The standard InChI is InChI=1S/C26H32N4O3/c1-18(31)30-16-23(24(17-30)25(27)32)21-10-8-20(9-11-21)12-28(2)26(33)22-14-29(15-22)13-19-6-4-3-5-7-19/h3-11,22-24H,12-17H2,1-2H3,(H2,27,32)/t23-,24+/m1/s1. The average Bonchev–Trinajstić information content (AvgIpc) is 3.23. The molecule has 0 unspecified atom stereocenters. The van der Waals surface area contributed by atoms with E-state index in [2.05, 4.69) is 17.0 Å². The number of primary amides is 1. The van der Waals surface area contributed by atoms with Crippen molar-refractivity contribution >= 4 is 17.7 Å². The Labute approximate surface area is 195 Å². The average molecular weight is 449 g/mol. The first-order chi connectivity index (χ1) is 15.8. The maximum Gasteiger partial charge on any atom is 0.228 e. The molecule has 0 radical (unpaired) electrons. The molecule has 2 saturated heterocycles. The van der Waals surface area contributed by atoms with Crippen molar-refractivity contribution in [2.45, 2.75) is 25.9 Å². The highest BCUT2D eigenvalue weighted by molar-refractivity contribution is 5.81. The van der Waals surface area contributed by atoms with E-state index in [1.165, 1.54) is 12.5 Å². The summed E-state index contributed by atoms with van der Waals surface area (Å²) in [6.07, 6.45) is 0. The third-order valence-corrected chi connectivity index (χ3v) is 6.89. The number of nitrogens with zero attached hydrogens (tertiary/aromatic N) is 3. The van der Waals surface area contributed by atoms with E-state index in [0.717, 1.165) is 30.8 Å². The van der Waals surface area contributed by atoms with Crippen molar-refractivity contribution in [1.82, 2.24) is 14.7 Å². The summed E-state index contributed by atoms with van der Waals surface area (Å²) >= 11 is 0. The second-order valence-corrected chi connectivity index (χ2v) is 9.35. The Morgan fingerprint density at radius 3 is 2.21 bits per heavy atom. The zero-order valence-electron chi connectivity index (χ0n) is 19.3. The topological polar surface area (TPSA) is 87.0 Å². The fourth-order valence-corrected chi connectivity index (χ4v) is 4.92. The van der Waals surface area contributed by atoms with Crippen LogP contribution in [-0.2, 0) is 27.5 Å². The quantitative estimate of drug-likeness (QED) is 0.700. The number of amides is 3. The minimum Gasteiger partial charge on any atom is -0.369 e. The number of rotatable bonds is 7. The zero-order valence-corrected chi connectivity index (χ0v) is 19.3. The van der Waals surface area contributed by atoms with Gasteiger partial charge in [-0.3, -0.25) is 19.3 Å². The summed E-state index contributed by atoms with van der Waals surface area (Å²) in [5, 5.41) is 0. The number of likely N-dealkylation sites (tertiary alicyclic amines) is 2. The Bertz CT molecular complexity index is 1000. The van der Waals surface area contributed by atoms with Crippen molar-refractivity contribution in [3.8, 4) is 0 Å². The molecule has 2 fully saturated rings. The van der Waals surface area contributed by atoms with E-state index in [1.54, 1.807) is 9.80 Å². The van der Waals surface area contributed by atoms with Crippen LogP contribution in [0.25, 0.3) is 0 Å². The van der Waals surface area contributed by atoms with Gasteiger partial charge in [-0.1, -0.05) is 54.6 Å². The van der Waals surface area contributed by atoms with Crippen LogP contribution in [0.3, 0.4) is 0 Å². The summed E-state index contributed by atoms with van der Waals surface area (Å²) in [6.45, 7) is 5.39. The Kier molecular flexibility index (Phi) is 6.79. The Morgan fingerprint density at radius 1 is 0.939 bits per heavy atom. The fourth-order valence-electron chi connectivity index (χ4n) is 4.92. The zero-order chi connectivity index (χ0) is 23.5. The van der Waals surface area contributed by atoms with Crippen molar-refractivity contribution in [2.24, 2.45) is 17.6 Å². The van der Waals surface area contributed by atoms with Gasteiger partial charge in [0.05, 0.1) is 11.8 Å². The molecule has 2 aliphatic rings. The Morgan fingerprint density at radius 2 is 1.61 bits per heavy atom. The van der Waals surface area contributed by atoms with Gasteiger partial charge >= 0.3 is 0 Å². The van der Waals surface area contributed by atoms with Crippen molar-refractivity contribution in [1.29, 1.82) is 0 Å². The number of hydrogen-bond donors (Lipinski definition) is 1. The highest BCUT2D eigenvalue weighted by atomic mass is 16.2. The third-order valence-electron chi connectivity index (χ3n) is 6.89. The van der Waals surface area contributed by atoms with Crippen LogP contribution in [-0.4, -0.2) is 65.6 Å². The normalized spacial score (nSPS) is 21.0. The molecule has 2 heterocycles. The molecule has 0 aliphatic carbocycles. The van der Waals surface area contributed by atoms with Gasteiger partial charge in [0.25, 0.3) is 0 Å². The minimum atomic E-state index is -0.375. The fraction of sp³-hybridized carbons (Fsp3) is 0.423. The van der Waals surface area contributed by atoms with Crippen LogP contribution in [0.5, 0.6) is 0 Å². The maximum absolute atomic E-state index is 12.8. The lowest BCUT2D eigenvalue weighted by Crippen LogP contribution is -2.53. The number of benzene rings is 2. The molecule has 2 aliphatic heterocycles. The van der Waals surface area contributed by atoms with Gasteiger partial charge in [0.1, 0.15) is 0 Å². The van der Waals surface area contributed by atoms with Crippen molar-refractivity contribution < 1.29 is 14.4 Å². The molecule has 0 bridgehead atoms. The first kappa shape index (κ1) is 23.0. The van der Waals surface area contributed by atoms with Gasteiger partial charge in [0, 0.05) is 59.2 Å². The van der Waals surface area contributed by atoms with E-state index in [-0.39, 0.29) is 35.5 Å². The first-order valence-corrected chi connectivity index (χ1v) is 11.5. The molecule has 33 heavy (non-hydrogen) atoms. The Balaban J connectivity index is 1.30. The predicted octanol–water partition coefficient (Wildman–Crippen LogP) is 1.82. The van der Waals surface area contributed by atoms with E-state index in [4.69, 9.17) is 5.73 Å².